The summed E-state index contributed by atoms with van der Waals surface area (Å²) in [6.07, 6.45) is 0.516. The van der Waals surface area contributed by atoms with Crippen LogP contribution in [0.1, 0.15) is 48.0 Å². The van der Waals surface area contributed by atoms with Gasteiger partial charge < -0.3 is 9.47 Å². The van der Waals surface area contributed by atoms with Crippen molar-refractivity contribution in [3.8, 4) is 24.3 Å². The molecular formula is C26H19N5O2. The third-order valence-corrected chi connectivity index (χ3v) is 7.52. The molecule has 2 heterocycles. The number of benzene rings is 2. The van der Waals surface area contributed by atoms with Gasteiger partial charge in [-0.05, 0) is 42.0 Å². The number of hydrogen-bond acceptors (Lipinski definition) is 7. The summed E-state index contributed by atoms with van der Waals surface area (Å²) in [7, 11) is 0. The van der Waals surface area contributed by atoms with Gasteiger partial charge in [-0.15, -0.1) is 0 Å². The van der Waals surface area contributed by atoms with Gasteiger partial charge in [0.25, 0.3) is 0 Å². The topological polar surface area (TPSA) is 137 Å². The van der Waals surface area contributed by atoms with Crippen LogP contribution in [-0.4, -0.2) is 11.7 Å². The van der Waals surface area contributed by atoms with Gasteiger partial charge in [-0.2, -0.15) is 21.0 Å². The molecule has 2 aromatic carbocycles. The molecule has 0 spiro atoms. The van der Waals surface area contributed by atoms with Gasteiger partial charge in [0.15, 0.2) is 5.41 Å². The molecule has 1 aliphatic carbocycles. The monoisotopic (exact) mass is 433 g/mol. The summed E-state index contributed by atoms with van der Waals surface area (Å²) in [4.78, 5) is 0. The molecule has 2 bridgehead atoms. The normalized spacial score (nSPS) is 33.3. The lowest BCUT2D eigenvalue weighted by molar-refractivity contribution is -0.296. The van der Waals surface area contributed by atoms with E-state index in [4.69, 9.17) is 20.1 Å². The molecule has 2 saturated heterocycles. The fourth-order valence-corrected chi connectivity index (χ4v) is 5.90. The minimum Gasteiger partial charge on any atom is -0.447 e. The molecule has 3 aliphatic rings. The Morgan fingerprint density at radius 3 is 2.18 bits per heavy atom. The molecule has 7 heteroatoms. The lowest BCUT2D eigenvalue weighted by atomic mass is 9.50. The second kappa shape index (κ2) is 7.18. The standard InChI is InChI=1S/C26H19N5O2/c27-13-17-6-8-19(9-7-17)22-24(14-28,15-29)25(16-30)21-12-20(18-4-2-1-3-5-18)10-11-26(21,32-22)33-23(25)31/h1-9,20-22,31H,10-12H2. The Balaban J connectivity index is 1.67. The second-order valence-corrected chi connectivity index (χ2v) is 8.86. The van der Waals surface area contributed by atoms with E-state index in [1.165, 1.54) is 0 Å². The molecule has 1 saturated carbocycles. The van der Waals surface area contributed by atoms with Crippen LogP contribution < -0.4 is 0 Å². The van der Waals surface area contributed by atoms with Crippen molar-refractivity contribution < 1.29 is 9.47 Å². The highest BCUT2D eigenvalue weighted by molar-refractivity contribution is 5.89. The average Bonchev–Trinajstić information content (AvgIpc) is 3.07. The zero-order valence-electron chi connectivity index (χ0n) is 17.7. The third-order valence-electron chi connectivity index (χ3n) is 7.52. The SMILES string of the molecule is N#Cc1ccc(C2OC34CCC(c5ccccc5)CC3C(C#N)(C(=N)O4)C2(C#N)C#N)cc1. The Bertz CT molecular complexity index is 1280. The number of hydrogen-bond donors (Lipinski definition) is 1. The molecule has 0 radical (unpaired) electrons. The number of rotatable bonds is 2. The molecule has 5 rings (SSSR count). The number of ether oxygens (including phenoxy) is 2. The molecule has 5 atom stereocenters. The summed E-state index contributed by atoms with van der Waals surface area (Å²) < 4.78 is 12.5. The van der Waals surface area contributed by atoms with Crippen molar-refractivity contribution in [3.05, 3.63) is 71.3 Å². The molecule has 7 nitrogen and oxygen atoms in total. The van der Waals surface area contributed by atoms with Crippen LogP contribution in [0, 0.1) is 67.5 Å². The van der Waals surface area contributed by atoms with Crippen LogP contribution in [0.2, 0.25) is 0 Å². The number of nitrogens with one attached hydrogen (secondary N) is 1. The van der Waals surface area contributed by atoms with Crippen molar-refractivity contribution >= 4 is 5.90 Å². The van der Waals surface area contributed by atoms with Crippen LogP contribution in [0.15, 0.2) is 54.6 Å². The molecule has 0 amide bonds. The molecular weight excluding hydrogens is 414 g/mol. The van der Waals surface area contributed by atoms with Gasteiger partial charge >= 0.3 is 0 Å². The van der Waals surface area contributed by atoms with Crippen molar-refractivity contribution in [2.75, 3.05) is 0 Å². The van der Waals surface area contributed by atoms with Gasteiger partial charge in [-0.1, -0.05) is 42.5 Å². The van der Waals surface area contributed by atoms with Crippen LogP contribution in [0.3, 0.4) is 0 Å². The van der Waals surface area contributed by atoms with E-state index in [-0.39, 0.29) is 11.8 Å². The largest absolute Gasteiger partial charge is 0.447 e. The summed E-state index contributed by atoms with van der Waals surface area (Å²) >= 11 is 0. The predicted molar refractivity (Wildman–Crippen MR) is 115 cm³/mol. The minimum atomic E-state index is -1.99. The number of nitrogens with zero attached hydrogens (tertiary/aromatic N) is 4. The Hall–Kier alpha value is -4.17. The molecule has 5 unspecified atom stereocenters. The maximum Gasteiger partial charge on any atom is 0.217 e. The maximum absolute atomic E-state index is 10.5. The molecule has 160 valence electrons. The lowest BCUT2D eigenvalue weighted by Crippen LogP contribution is -2.60. The van der Waals surface area contributed by atoms with Gasteiger partial charge in [0.1, 0.15) is 6.10 Å². The van der Waals surface area contributed by atoms with E-state index in [1.807, 2.05) is 36.4 Å². The third kappa shape index (κ3) is 2.52. The minimum absolute atomic E-state index is 0.0942. The van der Waals surface area contributed by atoms with Crippen LogP contribution in [-0.2, 0) is 9.47 Å². The smallest absolute Gasteiger partial charge is 0.217 e. The average molecular weight is 433 g/mol. The van der Waals surface area contributed by atoms with Gasteiger partial charge in [0.2, 0.25) is 17.1 Å². The predicted octanol–water partition coefficient (Wildman–Crippen LogP) is 4.46. The Morgan fingerprint density at radius 2 is 1.58 bits per heavy atom. The first kappa shape index (κ1) is 20.7. The van der Waals surface area contributed by atoms with E-state index in [1.54, 1.807) is 24.3 Å². The van der Waals surface area contributed by atoms with Gasteiger partial charge in [0, 0.05) is 6.42 Å². The van der Waals surface area contributed by atoms with Gasteiger partial charge in [-0.3, -0.25) is 5.41 Å². The maximum atomic E-state index is 10.5. The van der Waals surface area contributed by atoms with E-state index in [9.17, 15) is 15.8 Å². The summed E-state index contributed by atoms with van der Waals surface area (Å²) in [5, 5.41) is 49.1. The highest BCUT2D eigenvalue weighted by Crippen LogP contribution is 2.70. The fourth-order valence-electron chi connectivity index (χ4n) is 5.90. The van der Waals surface area contributed by atoms with Crippen LogP contribution >= 0.6 is 0 Å². The van der Waals surface area contributed by atoms with Crippen LogP contribution in [0.25, 0.3) is 0 Å². The lowest BCUT2D eigenvalue weighted by Gasteiger charge is -2.52. The molecule has 2 aromatic rings. The van der Waals surface area contributed by atoms with Crippen molar-refractivity contribution in [1.29, 1.82) is 26.5 Å². The summed E-state index contributed by atoms with van der Waals surface area (Å²) in [5.41, 5.74) is -1.73. The molecule has 33 heavy (non-hydrogen) atoms. The summed E-state index contributed by atoms with van der Waals surface area (Å²) in [6, 6.07) is 24.8. The van der Waals surface area contributed by atoms with E-state index in [0.29, 0.717) is 24.0 Å². The van der Waals surface area contributed by atoms with Crippen molar-refractivity contribution in [3.63, 3.8) is 0 Å². The Morgan fingerprint density at radius 1 is 0.879 bits per heavy atom. The molecule has 1 N–H and O–H groups in total. The first-order chi connectivity index (χ1) is 16.0. The Labute approximate surface area is 191 Å². The van der Waals surface area contributed by atoms with E-state index < -0.39 is 28.6 Å². The molecule has 0 aromatic heterocycles. The zero-order valence-corrected chi connectivity index (χ0v) is 17.7. The number of nitriles is 4. The molecule has 2 aliphatic heterocycles. The van der Waals surface area contributed by atoms with Gasteiger partial charge in [0.05, 0.1) is 35.8 Å². The first-order valence-electron chi connectivity index (χ1n) is 10.7. The van der Waals surface area contributed by atoms with Gasteiger partial charge in [-0.25, -0.2) is 0 Å². The van der Waals surface area contributed by atoms with Crippen molar-refractivity contribution in [2.24, 2.45) is 16.7 Å². The quantitative estimate of drug-likeness (QED) is 0.742. The summed E-state index contributed by atoms with van der Waals surface area (Å²) in [5.74, 6) is -2.18. The van der Waals surface area contributed by atoms with E-state index in [2.05, 4.69) is 18.2 Å². The highest BCUT2D eigenvalue weighted by Gasteiger charge is 2.81. The Kier molecular flexibility index (Phi) is 4.51. The second-order valence-electron chi connectivity index (χ2n) is 8.86. The summed E-state index contributed by atoms with van der Waals surface area (Å²) in [6.45, 7) is 0. The van der Waals surface area contributed by atoms with Crippen LogP contribution in [0.5, 0.6) is 0 Å². The zero-order chi connectivity index (χ0) is 23.3. The van der Waals surface area contributed by atoms with E-state index >= 15 is 0 Å². The molecule has 3 fully saturated rings. The first-order valence-corrected chi connectivity index (χ1v) is 10.7. The van der Waals surface area contributed by atoms with Crippen LogP contribution in [0.4, 0.5) is 0 Å². The highest BCUT2D eigenvalue weighted by atomic mass is 16.7. The van der Waals surface area contributed by atoms with Crippen molar-refractivity contribution in [2.45, 2.75) is 37.1 Å². The van der Waals surface area contributed by atoms with E-state index in [0.717, 1.165) is 12.0 Å². The fraction of sp³-hybridized carbons (Fsp3) is 0.346. The van der Waals surface area contributed by atoms with Crippen molar-refractivity contribution in [1.82, 2.24) is 0 Å².